The Morgan fingerprint density at radius 3 is 2.64 bits per heavy atom. The number of hydrogen-bond donors (Lipinski definition) is 2. The van der Waals surface area contributed by atoms with Gasteiger partial charge in [-0.1, -0.05) is 0 Å². The molecule has 0 saturated heterocycles. The molecule has 0 spiro atoms. The van der Waals surface area contributed by atoms with Crippen LogP contribution in [-0.2, 0) is 13.6 Å². The van der Waals surface area contributed by atoms with E-state index in [2.05, 4.69) is 10.4 Å². The Labute approximate surface area is 84.9 Å². The summed E-state index contributed by atoms with van der Waals surface area (Å²) in [5.74, 6) is 0. The molecule has 1 aromatic heterocycles. The Kier molecular flexibility index (Phi) is 3.29. The van der Waals surface area contributed by atoms with Gasteiger partial charge in [0, 0.05) is 20.1 Å². The second kappa shape index (κ2) is 4.11. The van der Waals surface area contributed by atoms with Crippen molar-refractivity contribution in [1.29, 1.82) is 0 Å². The van der Waals surface area contributed by atoms with Crippen LogP contribution in [0.25, 0.3) is 0 Å². The standard InChI is InChI=1S/C10H19N3O/c1-8-5-9(13(4)12-8)6-11-7-10(2,3)14/h5,11,14H,6-7H2,1-4H3. The molecule has 0 bridgehead atoms. The normalized spacial score (nSPS) is 12.1. The first-order chi connectivity index (χ1) is 6.38. The van der Waals surface area contributed by atoms with Crippen LogP contribution in [-0.4, -0.2) is 27.0 Å². The maximum atomic E-state index is 9.49. The average molecular weight is 197 g/mol. The van der Waals surface area contributed by atoms with Crippen LogP contribution in [0.1, 0.15) is 25.2 Å². The third kappa shape index (κ3) is 3.47. The molecule has 4 nitrogen and oxygen atoms in total. The molecule has 0 aliphatic carbocycles. The van der Waals surface area contributed by atoms with Gasteiger partial charge in [-0.05, 0) is 26.8 Å². The minimum atomic E-state index is -0.659. The molecule has 0 atom stereocenters. The quantitative estimate of drug-likeness (QED) is 0.742. The van der Waals surface area contributed by atoms with Crippen molar-refractivity contribution < 1.29 is 5.11 Å². The third-order valence-electron chi connectivity index (χ3n) is 1.96. The first-order valence-corrected chi connectivity index (χ1v) is 4.81. The molecule has 0 aliphatic heterocycles. The predicted octanol–water partition coefficient (Wildman–Crippen LogP) is 0.589. The van der Waals surface area contributed by atoms with E-state index in [0.717, 1.165) is 17.9 Å². The Balaban J connectivity index is 2.42. The van der Waals surface area contributed by atoms with Crippen LogP contribution in [0.3, 0.4) is 0 Å². The number of nitrogens with zero attached hydrogens (tertiary/aromatic N) is 2. The summed E-state index contributed by atoms with van der Waals surface area (Å²) in [6.07, 6.45) is 0. The molecule has 0 saturated carbocycles. The van der Waals surface area contributed by atoms with Gasteiger partial charge in [0.15, 0.2) is 0 Å². The molecule has 1 rings (SSSR count). The lowest BCUT2D eigenvalue weighted by Gasteiger charge is -2.17. The minimum Gasteiger partial charge on any atom is -0.389 e. The summed E-state index contributed by atoms with van der Waals surface area (Å²) in [5.41, 5.74) is 1.49. The van der Waals surface area contributed by atoms with Gasteiger partial charge < -0.3 is 10.4 Å². The first kappa shape index (κ1) is 11.2. The molecular formula is C10H19N3O. The molecule has 80 valence electrons. The van der Waals surface area contributed by atoms with E-state index in [9.17, 15) is 5.11 Å². The molecule has 4 heteroatoms. The molecule has 1 aromatic rings. The van der Waals surface area contributed by atoms with E-state index >= 15 is 0 Å². The Bertz CT molecular complexity index is 299. The van der Waals surface area contributed by atoms with Crippen molar-refractivity contribution in [2.24, 2.45) is 7.05 Å². The van der Waals surface area contributed by atoms with Gasteiger partial charge in [0.1, 0.15) is 0 Å². The zero-order valence-corrected chi connectivity index (χ0v) is 9.33. The molecule has 0 aliphatic rings. The zero-order chi connectivity index (χ0) is 10.8. The fraction of sp³-hybridized carbons (Fsp3) is 0.700. The largest absolute Gasteiger partial charge is 0.389 e. The molecule has 1 heterocycles. The van der Waals surface area contributed by atoms with Crippen molar-refractivity contribution in [3.05, 3.63) is 17.5 Å². The van der Waals surface area contributed by atoms with Crippen molar-refractivity contribution in [2.45, 2.75) is 32.9 Å². The maximum absolute atomic E-state index is 9.49. The van der Waals surface area contributed by atoms with Gasteiger partial charge in [0.2, 0.25) is 0 Å². The van der Waals surface area contributed by atoms with Crippen LogP contribution in [0, 0.1) is 6.92 Å². The fourth-order valence-electron chi connectivity index (χ4n) is 1.33. The second-order valence-corrected chi connectivity index (χ2v) is 4.32. The Morgan fingerprint density at radius 1 is 1.57 bits per heavy atom. The summed E-state index contributed by atoms with van der Waals surface area (Å²) in [6, 6.07) is 2.04. The highest BCUT2D eigenvalue weighted by Gasteiger charge is 2.11. The van der Waals surface area contributed by atoms with Gasteiger partial charge in [-0.3, -0.25) is 4.68 Å². The van der Waals surface area contributed by atoms with E-state index in [1.165, 1.54) is 0 Å². The van der Waals surface area contributed by atoms with Crippen molar-refractivity contribution in [3.8, 4) is 0 Å². The molecule has 0 fully saturated rings. The summed E-state index contributed by atoms with van der Waals surface area (Å²) < 4.78 is 1.85. The lowest BCUT2D eigenvalue weighted by atomic mass is 10.1. The summed E-state index contributed by atoms with van der Waals surface area (Å²) in [4.78, 5) is 0. The molecule has 0 amide bonds. The summed E-state index contributed by atoms with van der Waals surface area (Å²) in [7, 11) is 1.92. The Hall–Kier alpha value is -0.870. The zero-order valence-electron chi connectivity index (χ0n) is 9.33. The molecular weight excluding hydrogens is 178 g/mol. The van der Waals surface area contributed by atoms with Crippen LogP contribution in [0.5, 0.6) is 0 Å². The van der Waals surface area contributed by atoms with E-state index in [-0.39, 0.29) is 0 Å². The van der Waals surface area contributed by atoms with Crippen molar-refractivity contribution in [3.63, 3.8) is 0 Å². The molecule has 0 radical (unpaired) electrons. The fourth-order valence-corrected chi connectivity index (χ4v) is 1.33. The van der Waals surface area contributed by atoms with E-state index in [0.29, 0.717) is 6.54 Å². The molecule has 14 heavy (non-hydrogen) atoms. The highest BCUT2D eigenvalue weighted by atomic mass is 16.3. The van der Waals surface area contributed by atoms with Crippen LogP contribution < -0.4 is 5.32 Å². The van der Waals surface area contributed by atoms with Gasteiger partial charge >= 0.3 is 0 Å². The number of hydrogen-bond acceptors (Lipinski definition) is 3. The van der Waals surface area contributed by atoms with E-state index < -0.39 is 5.60 Å². The van der Waals surface area contributed by atoms with Gasteiger partial charge in [-0.25, -0.2) is 0 Å². The highest BCUT2D eigenvalue weighted by molar-refractivity contribution is 5.08. The van der Waals surface area contributed by atoms with Crippen LogP contribution in [0.4, 0.5) is 0 Å². The molecule has 0 aromatic carbocycles. The van der Waals surface area contributed by atoms with Crippen LogP contribution >= 0.6 is 0 Å². The smallest absolute Gasteiger partial charge is 0.0715 e. The number of nitrogens with one attached hydrogen (secondary N) is 1. The van der Waals surface area contributed by atoms with Crippen LogP contribution in [0.15, 0.2) is 6.07 Å². The monoisotopic (exact) mass is 197 g/mol. The van der Waals surface area contributed by atoms with Gasteiger partial charge in [-0.15, -0.1) is 0 Å². The molecule has 0 unspecified atom stereocenters. The first-order valence-electron chi connectivity index (χ1n) is 4.81. The number of aryl methyl sites for hydroxylation is 2. The number of aliphatic hydroxyl groups is 1. The van der Waals surface area contributed by atoms with Crippen LogP contribution in [0.2, 0.25) is 0 Å². The summed E-state index contributed by atoms with van der Waals surface area (Å²) in [6.45, 7) is 6.86. The molecule has 2 N–H and O–H groups in total. The predicted molar refractivity (Wildman–Crippen MR) is 55.9 cm³/mol. The van der Waals surface area contributed by atoms with Crippen molar-refractivity contribution in [2.75, 3.05) is 6.54 Å². The van der Waals surface area contributed by atoms with Crippen molar-refractivity contribution >= 4 is 0 Å². The average Bonchev–Trinajstić information content (AvgIpc) is 2.27. The maximum Gasteiger partial charge on any atom is 0.0715 e. The van der Waals surface area contributed by atoms with Gasteiger partial charge in [0.05, 0.1) is 17.0 Å². The van der Waals surface area contributed by atoms with E-state index in [4.69, 9.17) is 0 Å². The summed E-state index contributed by atoms with van der Waals surface area (Å²) >= 11 is 0. The Morgan fingerprint density at radius 2 is 2.21 bits per heavy atom. The SMILES string of the molecule is Cc1cc(CNCC(C)(C)O)n(C)n1. The topological polar surface area (TPSA) is 50.1 Å². The van der Waals surface area contributed by atoms with Gasteiger partial charge in [0.25, 0.3) is 0 Å². The second-order valence-electron chi connectivity index (χ2n) is 4.32. The van der Waals surface area contributed by atoms with Gasteiger partial charge in [-0.2, -0.15) is 5.10 Å². The lowest BCUT2D eigenvalue weighted by molar-refractivity contribution is 0.0793. The summed E-state index contributed by atoms with van der Waals surface area (Å²) in [5, 5.41) is 16.9. The third-order valence-corrected chi connectivity index (χ3v) is 1.96. The van der Waals surface area contributed by atoms with Crippen molar-refractivity contribution in [1.82, 2.24) is 15.1 Å². The van der Waals surface area contributed by atoms with E-state index in [1.807, 2.05) is 24.7 Å². The highest BCUT2D eigenvalue weighted by Crippen LogP contribution is 2.02. The number of rotatable bonds is 4. The van der Waals surface area contributed by atoms with E-state index in [1.54, 1.807) is 13.8 Å². The minimum absolute atomic E-state index is 0.581. The lowest BCUT2D eigenvalue weighted by Crippen LogP contribution is -2.34. The number of aromatic nitrogens is 2.